The van der Waals surface area contributed by atoms with E-state index in [4.69, 9.17) is 9.84 Å². The Labute approximate surface area is 94.2 Å². The molecule has 0 aromatic carbocycles. The third-order valence-corrected chi connectivity index (χ3v) is 2.42. The van der Waals surface area contributed by atoms with Gasteiger partial charge >= 0.3 is 0 Å². The van der Waals surface area contributed by atoms with E-state index < -0.39 is 0 Å². The molecule has 15 heavy (non-hydrogen) atoms. The number of hydrogen-bond acceptors (Lipinski definition) is 3. The molecule has 0 aliphatic rings. The molecule has 1 atom stereocenters. The zero-order valence-corrected chi connectivity index (χ0v) is 10.3. The summed E-state index contributed by atoms with van der Waals surface area (Å²) in [6.45, 7) is 6.74. The van der Waals surface area contributed by atoms with E-state index in [9.17, 15) is 0 Å². The molecule has 1 unspecified atom stereocenters. The fraction of sp³-hybridized carbons (Fsp3) is 1.00. The van der Waals surface area contributed by atoms with Crippen LogP contribution >= 0.6 is 0 Å². The lowest BCUT2D eigenvalue weighted by Crippen LogP contribution is -2.36. The third-order valence-electron chi connectivity index (χ3n) is 2.42. The summed E-state index contributed by atoms with van der Waals surface area (Å²) >= 11 is 0. The van der Waals surface area contributed by atoms with Crippen molar-refractivity contribution in [2.45, 2.75) is 52.0 Å². The van der Waals surface area contributed by atoms with Gasteiger partial charge in [0.05, 0.1) is 19.3 Å². The summed E-state index contributed by atoms with van der Waals surface area (Å²) in [5.74, 6) is 0. The molecule has 0 amide bonds. The van der Waals surface area contributed by atoms with Crippen LogP contribution in [0.25, 0.3) is 0 Å². The summed E-state index contributed by atoms with van der Waals surface area (Å²) in [4.78, 5) is 0. The number of ether oxygens (including phenoxy) is 1. The van der Waals surface area contributed by atoms with Crippen LogP contribution in [-0.2, 0) is 4.74 Å². The first-order chi connectivity index (χ1) is 7.35. The lowest BCUT2D eigenvalue weighted by molar-refractivity contribution is 0.0867. The molecule has 0 aliphatic heterocycles. The van der Waals surface area contributed by atoms with Gasteiger partial charge in [0.15, 0.2) is 0 Å². The van der Waals surface area contributed by atoms with Crippen molar-refractivity contribution in [3.05, 3.63) is 0 Å². The normalized spacial score (nSPS) is 13.0. The second-order valence-corrected chi connectivity index (χ2v) is 3.93. The van der Waals surface area contributed by atoms with Gasteiger partial charge in [0.1, 0.15) is 0 Å². The predicted molar refractivity (Wildman–Crippen MR) is 64.1 cm³/mol. The van der Waals surface area contributed by atoms with Crippen molar-refractivity contribution in [3.8, 4) is 0 Å². The molecule has 2 N–H and O–H groups in total. The van der Waals surface area contributed by atoms with E-state index in [0.29, 0.717) is 6.61 Å². The summed E-state index contributed by atoms with van der Waals surface area (Å²) < 4.78 is 5.50. The summed E-state index contributed by atoms with van der Waals surface area (Å²) in [6.07, 6.45) is 6.34. The van der Waals surface area contributed by atoms with Crippen molar-refractivity contribution in [2.75, 3.05) is 26.4 Å². The maximum atomic E-state index is 8.99. The van der Waals surface area contributed by atoms with Crippen LogP contribution in [0.4, 0.5) is 0 Å². The molecule has 0 heterocycles. The molecular formula is C12H27NO2. The smallest absolute Gasteiger partial charge is 0.0642 e. The number of unbranched alkanes of at least 4 members (excludes halogenated alkanes) is 4. The molecule has 0 aromatic rings. The lowest BCUT2D eigenvalue weighted by atomic mass is 10.2. The standard InChI is InChI=1S/C12H27NO2/c1-3-5-6-7-8-9-15-11-12(10-14)13-4-2/h12-14H,3-11H2,1-2H3. The first-order valence-corrected chi connectivity index (χ1v) is 6.27. The minimum absolute atomic E-state index is 0.102. The van der Waals surface area contributed by atoms with Crippen molar-refractivity contribution >= 4 is 0 Å². The molecule has 0 bridgehead atoms. The summed E-state index contributed by atoms with van der Waals surface area (Å²) in [7, 11) is 0. The number of likely N-dealkylation sites (N-methyl/N-ethyl adjacent to an activating group) is 1. The van der Waals surface area contributed by atoms with Gasteiger partial charge in [-0.1, -0.05) is 39.5 Å². The van der Waals surface area contributed by atoms with E-state index in [0.717, 1.165) is 19.6 Å². The Kier molecular flexibility index (Phi) is 11.9. The topological polar surface area (TPSA) is 41.5 Å². The van der Waals surface area contributed by atoms with Crippen molar-refractivity contribution in [2.24, 2.45) is 0 Å². The van der Waals surface area contributed by atoms with E-state index in [1.807, 2.05) is 6.92 Å². The zero-order valence-electron chi connectivity index (χ0n) is 10.3. The van der Waals surface area contributed by atoms with Crippen LogP contribution in [0.2, 0.25) is 0 Å². The van der Waals surface area contributed by atoms with Crippen LogP contribution in [0.3, 0.4) is 0 Å². The molecular weight excluding hydrogens is 190 g/mol. The first-order valence-electron chi connectivity index (χ1n) is 6.27. The minimum atomic E-state index is 0.102. The van der Waals surface area contributed by atoms with Crippen molar-refractivity contribution < 1.29 is 9.84 Å². The number of rotatable bonds is 11. The molecule has 3 heteroatoms. The van der Waals surface area contributed by atoms with Crippen molar-refractivity contribution in [1.82, 2.24) is 5.32 Å². The second kappa shape index (κ2) is 12.0. The number of hydrogen-bond donors (Lipinski definition) is 2. The average Bonchev–Trinajstić information content (AvgIpc) is 2.26. The maximum absolute atomic E-state index is 8.99. The van der Waals surface area contributed by atoms with E-state index in [-0.39, 0.29) is 12.6 Å². The molecule has 0 rings (SSSR count). The van der Waals surface area contributed by atoms with Gasteiger partial charge in [0, 0.05) is 6.61 Å². The Morgan fingerprint density at radius 1 is 1.13 bits per heavy atom. The highest BCUT2D eigenvalue weighted by molar-refractivity contribution is 4.62. The zero-order chi connectivity index (χ0) is 11.4. The molecule has 3 nitrogen and oxygen atoms in total. The number of nitrogens with one attached hydrogen (secondary N) is 1. The van der Waals surface area contributed by atoms with Crippen LogP contribution in [0.1, 0.15) is 46.0 Å². The SMILES string of the molecule is CCCCCCCOCC(CO)NCC. The molecule has 92 valence electrons. The summed E-state index contributed by atoms with van der Waals surface area (Å²) in [5, 5.41) is 12.2. The Hall–Kier alpha value is -0.120. The van der Waals surface area contributed by atoms with Gasteiger partial charge in [-0.15, -0.1) is 0 Å². The predicted octanol–water partition coefficient (Wildman–Crippen LogP) is 1.94. The van der Waals surface area contributed by atoms with Gasteiger partial charge in [-0.2, -0.15) is 0 Å². The number of aliphatic hydroxyl groups is 1. The lowest BCUT2D eigenvalue weighted by Gasteiger charge is -2.14. The van der Waals surface area contributed by atoms with Gasteiger partial charge in [-0.25, -0.2) is 0 Å². The highest BCUT2D eigenvalue weighted by Gasteiger charge is 2.04. The molecule has 0 aliphatic carbocycles. The van der Waals surface area contributed by atoms with Gasteiger partial charge in [0.25, 0.3) is 0 Å². The molecule has 0 spiro atoms. The van der Waals surface area contributed by atoms with E-state index in [1.165, 1.54) is 25.7 Å². The first kappa shape index (κ1) is 14.9. The molecule has 0 fully saturated rings. The fourth-order valence-corrected chi connectivity index (χ4v) is 1.50. The maximum Gasteiger partial charge on any atom is 0.0642 e. The number of aliphatic hydroxyl groups excluding tert-OH is 1. The Morgan fingerprint density at radius 3 is 2.47 bits per heavy atom. The Morgan fingerprint density at radius 2 is 1.87 bits per heavy atom. The summed E-state index contributed by atoms with van der Waals surface area (Å²) in [5.41, 5.74) is 0. The van der Waals surface area contributed by atoms with Gasteiger partial charge < -0.3 is 15.2 Å². The molecule has 0 aromatic heterocycles. The molecule has 0 saturated heterocycles. The second-order valence-electron chi connectivity index (χ2n) is 3.93. The third kappa shape index (κ3) is 10.2. The fourth-order valence-electron chi connectivity index (χ4n) is 1.50. The Balaban J connectivity index is 3.14. The quantitative estimate of drug-likeness (QED) is 0.520. The van der Waals surface area contributed by atoms with Crippen LogP contribution in [0, 0.1) is 0 Å². The Bertz CT molecular complexity index is 120. The van der Waals surface area contributed by atoms with Gasteiger partial charge in [-0.05, 0) is 13.0 Å². The minimum Gasteiger partial charge on any atom is -0.395 e. The van der Waals surface area contributed by atoms with Crippen molar-refractivity contribution in [1.29, 1.82) is 0 Å². The van der Waals surface area contributed by atoms with Crippen molar-refractivity contribution in [3.63, 3.8) is 0 Å². The monoisotopic (exact) mass is 217 g/mol. The average molecular weight is 217 g/mol. The molecule has 0 saturated carbocycles. The van der Waals surface area contributed by atoms with E-state index in [1.54, 1.807) is 0 Å². The molecule has 0 radical (unpaired) electrons. The van der Waals surface area contributed by atoms with Gasteiger partial charge in [-0.3, -0.25) is 0 Å². The highest BCUT2D eigenvalue weighted by Crippen LogP contribution is 2.02. The highest BCUT2D eigenvalue weighted by atomic mass is 16.5. The van der Waals surface area contributed by atoms with Crippen LogP contribution in [0.15, 0.2) is 0 Å². The van der Waals surface area contributed by atoms with E-state index in [2.05, 4.69) is 12.2 Å². The van der Waals surface area contributed by atoms with Gasteiger partial charge in [0.2, 0.25) is 0 Å². The van der Waals surface area contributed by atoms with E-state index >= 15 is 0 Å². The van der Waals surface area contributed by atoms with Crippen LogP contribution in [0.5, 0.6) is 0 Å². The van der Waals surface area contributed by atoms with Crippen LogP contribution in [-0.4, -0.2) is 37.5 Å². The largest absolute Gasteiger partial charge is 0.395 e. The van der Waals surface area contributed by atoms with Crippen LogP contribution < -0.4 is 5.32 Å². The summed E-state index contributed by atoms with van der Waals surface area (Å²) in [6, 6.07) is 0.102.